The third-order valence-corrected chi connectivity index (χ3v) is 3.99. The Labute approximate surface area is 132 Å². The van der Waals surface area contributed by atoms with Gasteiger partial charge in [-0.3, -0.25) is 9.58 Å². The third kappa shape index (κ3) is 3.64. The highest BCUT2D eigenvalue weighted by atomic mass is 19.3. The molecule has 0 bridgehead atoms. The van der Waals surface area contributed by atoms with E-state index in [4.69, 9.17) is 0 Å². The Hall–Kier alpha value is -2.09. The third-order valence-electron chi connectivity index (χ3n) is 3.99. The van der Waals surface area contributed by atoms with Crippen molar-refractivity contribution < 1.29 is 13.2 Å². The van der Waals surface area contributed by atoms with Gasteiger partial charge in [-0.1, -0.05) is 0 Å². The SMILES string of the molecule is Cn1cc(CN2CCN(c3ccnc(F)c3)CC2)c(C(F)F)n1. The normalized spacial score (nSPS) is 16.3. The molecule has 1 aliphatic heterocycles. The predicted molar refractivity (Wildman–Crippen MR) is 79.9 cm³/mol. The Kier molecular flexibility index (Phi) is 4.51. The molecule has 0 atom stereocenters. The van der Waals surface area contributed by atoms with Gasteiger partial charge in [-0.15, -0.1) is 0 Å². The molecule has 23 heavy (non-hydrogen) atoms. The molecule has 1 fully saturated rings. The number of aryl methyl sites for hydroxylation is 1. The van der Waals surface area contributed by atoms with Crippen molar-refractivity contribution in [2.45, 2.75) is 13.0 Å². The van der Waals surface area contributed by atoms with Crippen molar-refractivity contribution in [3.8, 4) is 0 Å². The number of hydrogen-bond acceptors (Lipinski definition) is 4. The molecule has 0 amide bonds. The Morgan fingerprint density at radius 1 is 1.22 bits per heavy atom. The molecular weight excluding hydrogens is 307 g/mol. The number of aromatic nitrogens is 3. The van der Waals surface area contributed by atoms with Crippen molar-refractivity contribution >= 4 is 5.69 Å². The van der Waals surface area contributed by atoms with Crippen LogP contribution in [0.15, 0.2) is 24.5 Å². The van der Waals surface area contributed by atoms with Gasteiger partial charge in [0, 0.05) is 69.5 Å². The summed E-state index contributed by atoms with van der Waals surface area (Å²) >= 11 is 0. The number of hydrogen-bond donors (Lipinski definition) is 0. The molecule has 0 saturated carbocycles. The Morgan fingerprint density at radius 2 is 1.96 bits per heavy atom. The van der Waals surface area contributed by atoms with Crippen molar-refractivity contribution in [1.82, 2.24) is 19.7 Å². The quantitative estimate of drug-likeness (QED) is 0.808. The molecule has 1 aliphatic rings. The number of piperazine rings is 1. The summed E-state index contributed by atoms with van der Waals surface area (Å²) in [6.45, 7) is 3.33. The molecule has 3 rings (SSSR count). The van der Waals surface area contributed by atoms with E-state index in [9.17, 15) is 13.2 Å². The van der Waals surface area contributed by atoms with Crippen molar-refractivity contribution in [1.29, 1.82) is 0 Å². The van der Waals surface area contributed by atoms with Gasteiger partial charge in [0.2, 0.25) is 5.95 Å². The minimum Gasteiger partial charge on any atom is -0.369 e. The minimum atomic E-state index is -2.56. The molecule has 8 heteroatoms. The van der Waals surface area contributed by atoms with Crippen LogP contribution in [0.1, 0.15) is 17.7 Å². The van der Waals surface area contributed by atoms with Crippen molar-refractivity contribution in [3.63, 3.8) is 0 Å². The summed E-state index contributed by atoms with van der Waals surface area (Å²) in [6, 6.07) is 3.18. The first kappa shape index (κ1) is 15.8. The van der Waals surface area contributed by atoms with Crippen molar-refractivity contribution in [3.05, 3.63) is 41.7 Å². The van der Waals surface area contributed by atoms with Gasteiger partial charge in [-0.2, -0.15) is 9.49 Å². The Balaban J connectivity index is 1.61. The van der Waals surface area contributed by atoms with Gasteiger partial charge in [0.05, 0.1) is 0 Å². The molecule has 2 aromatic rings. The molecule has 2 aromatic heterocycles. The molecular formula is C15H18F3N5. The van der Waals surface area contributed by atoms with E-state index in [1.54, 1.807) is 19.3 Å². The lowest BCUT2D eigenvalue weighted by Gasteiger charge is -2.36. The van der Waals surface area contributed by atoms with E-state index in [1.165, 1.54) is 16.9 Å². The van der Waals surface area contributed by atoms with Crippen molar-refractivity contribution in [2.75, 3.05) is 31.1 Å². The average Bonchev–Trinajstić information content (AvgIpc) is 2.89. The molecule has 0 spiro atoms. The van der Waals surface area contributed by atoms with Crippen LogP contribution in [0.2, 0.25) is 0 Å². The zero-order valence-electron chi connectivity index (χ0n) is 12.8. The van der Waals surface area contributed by atoms with Crippen LogP contribution in [-0.2, 0) is 13.6 Å². The fraction of sp³-hybridized carbons (Fsp3) is 0.467. The number of alkyl halides is 2. The van der Waals surface area contributed by atoms with Crippen LogP contribution in [-0.4, -0.2) is 45.8 Å². The van der Waals surface area contributed by atoms with Crippen molar-refractivity contribution in [2.24, 2.45) is 7.05 Å². The lowest BCUT2D eigenvalue weighted by Crippen LogP contribution is -2.46. The average molecular weight is 325 g/mol. The smallest absolute Gasteiger partial charge is 0.282 e. The number of anilines is 1. The zero-order valence-corrected chi connectivity index (χ0v) is 12.8. The monoisotopic (exact) mass is 325 g/mol. The summed E-state index contributed by atoms with van der Waals surface area (Å²) in [6.07, 6.45) is 0.528. The second-order valence-electron chi connectivity index (χ2n) is 5.61. The summed E-state index contributed by atoms with van der Waals surface area (Å²) in [5.74, 6) is -0.498. The highest BCUT2D eigenvalue weighted by Crippen LogP contribution is 2.23. The largest absolute Gasteiger partial charge is 0.369 e. The van der Waals surface area contributed by atoms with Crippen LogP contribution in [0, 0.1) is 5.95 Å². The second-order valence-corrected chi connectivity index (χ2v) is 5.61. The summed E-state index contributed by atoms with van der Waals surface area (Å²) in [5, 5.41) is 3.83. The molecule has 0 N–H and O–H groups in total. The Bertz CT molecular complexity index is 665. The maximum Gasteiger partial charge on any atom is 0.282 e. The molecule has 0 aromatic carbocycles. The maximum absolute atomic E-state index is 13.2. The van der Waals surface area contributed by atoms with E-state index in [-0.39, 0.29) is 5.69 Å². The first-order valence-electron chi connectivity index (χ1n) is 7.42. The van der Waals surface area contributed by atoms with Gasteiger partial charge < -0.3 is 4.90 Å². The molecule has 1 saturated heterocycles. The molecule has 0 unspecified atom stereocenters. The summed E-state index contributed by atoms with van der Waals surface area (Å²) in [5.41, 5.74) is 1.21. The standard InChI is InChI=1S/C15H18F3N5/c1-21-9-11(14(20-21)15(17)18)10-22-4-6-23(7-5-22)12-2-3-19-13(16)8-12/h2-3,8-9,15H,4-7,10H2,1H3. The topological polar surface area (TPSA) is 37.2 Å². The highest BCUT2D eigenvalue weighted by molar-refractivity contribution is 5.45. The first-order valence-corrected chi connectivity index (χ1v) is 7.42. The summed E-state index contributed by atoms with van der Waals surface area (Å²) in [4.78, 5) is 7.73. The van der Waals surface area contributed by atoms with Gasteiger partial charge in [-0.25, -0.2) is 13.8 Å². The van der Waals surface area contributed by atoms with Gasteiger partial charge in [-0.05, 0) is 6.07 Å². The summed E-state index contributed by atoms with van der Waals surface area (Å²) in [7, 11) is 1.64. The fourth-order valence-corrected chi connectivity index (χ4v) is 2.85. The summed E-state index contributed by atoms with van der Waals surface area (Å²) < 4.78 is 40.5. The van der Waals surface area contributed by atoms with Crippen LogP contribution in [0.3, 0.4) is 0 Å². The highest BCUT2D eigenvalue weighted by Gasteiger charge is 2.22. The van der Waals surface area contributed by atoms with E-state index >= 15 is 0 Å². The number of halogens is 3. The van der Waals surface area contributed by atoms with Gasteiger partial charge in [0.15, 0.2) is 0 Å². The lowest BCUT2D eigenvalue weighted by atomic mass is 10.2. The van der Waals surface area contributed by atoms with Gasteiger partial charge >= 0.3 is 0 Å². The van der Waals surface area contributed by atoms with Gasteiger partial charge in [0.1, 0.15) is 5.69 Å². The number of rotatable bonds is 4. The van der Waals surface area contributed by atoms with E-state index in [1.807, 2.05) is 0 Å². The van der Waals surface area contributed by atoms with E-state index in [2.05, 4.69) is 19.9 Å². The maximum atomic E-state index is 13.2. The minimum absolute atomic E-state index is 0.147. The van der Waals surface area contributed by atoms with Crippen LogP contribution >= 0.6 is 0 Å². The van der Waals surface area contributed by atoms with Crippen LogP contribution in [0.5, 0.6) is 0 Å². The second kappa shape index (κ2) is 6.57. The first-order chi connectivity index (χ1) is 11.0. The predicted octanol–water partition coefficient (Wildman–Crippen LogP) is 2.21. The molecule has 0 aliphatic carbocycles. The van der Waals surface area contributed by atoms with E-state index in [0.717, 1.165) is 18.8 Å². The van der Waals surface area contributed by atoms with Crippen LogP contribution < -0.4 is 4.90 Å². The molecule has 5 nitrogen and oxygen atoms in total. The number of nitrogens with zero attached hydrogens (tertiary/aromatic N) is 5. The number of pyridine rings is 1. The molecule has 3 heterocycles. The molecule has 0 radical (unpaired) electrons. The van der Waals surface area contributed by atoms with Crippen LogP contribution in [0.25, 0.3) is 0 Å². The van der Waals surface area contributed by atoms with E-state index in [0.29, 0.717) is 25.2 Å². The lowest BCUT2D eigenvalue weighted by molar-refractivity contribution is 0.142. The van der Waals surface area contributed by atoms with Gasteiger partial charge in [0.25, 0.3) is 6.43 Å². The van der Waals surface area contributed by atoms with E-state index < -0.39 is 12.4 Å². The van der Waals surface area contributed by atoms with Crippen LogP contribution in [0.4, 0.5) is 18.9 Å². The Morgan fingerprint density at radius 3 is 2.61 bits per heavy atom. The zero-order chi connectivity index (χ0) is 16.4. The molecule has 124 valence electrons. The fourth-order valence-electron chi connectivity index (χ4n) is 2.85.